The average molecular weight is 232 g/mol. The summed E-state index contributed by atoms with van der Waals surface area (Å²) in [4.78, 5) is 15.2. The van der Waals surface area contributed by atoms with E-state index in [-0.39, 0.29) is 5.91 Å². The third kappa shape index (κ3) is 4.78. The second kappa shape index (κ2) is 6.40. The predicted molar refractivity (Wildman–Crippen MR) is 55.7 cm³/mol. The summed E-state index contributed by atoms with van der Waals surface area (Å²) < 4.78 is 4.89. The minimum Gasteiger partial charge on any atom is -0.356 e. The van der Waals surface area contributed by atoms with Crippen LogP contribution in [0.4, 0.5) is 0 Å². The fraction of sp³-hybridized carbons (Fsp3) is 0.667. The molecule has 1 N–H and O–H groups in total. The fourth-order valence-electron chi connectivity index (χ4n) is 1.07. The van der Waals surface area contributed by atoms with Crippen LogP contribution in [0.15, 0.2) is 4.52 Å². The largest absolute Gasteiger partial charge is 0.356 e. The molecular formula is C9H14ClN3O2. The number of halogens is 1. The van der Waals surface area contributed by atoms with E-state index < -0.39 is 0 Å². The summed E-state index contributed by atoms with van der Waals surface area (Å²) in [5.41, 5.74) is 0. The van der Waals surface area contributed by atoms with Crippen molar-refractivity contribution in [1.29, 1.82) is 0 Å². The molecule has 0 atom stereocenters. The van der Waals surface area contributed by atoms with Gasteiger partial charge in [-0.25, -0.2) is 0 Å². The Hall–Kier alpha value is -1.10. The molecule has 0 unspecified atom stereocenters. The van der Waals surface area contributed by atoms with Crippen LogP contribution < -0.4 is 5.32 Å². The summed E-state index contributed by atoms with van der Waals surface area (Å²) in [6.45, 7) is 2.27. The molecule has 1 aromatic heterocycles. The van der Waals surface area contributed by atoms with Gasteiger partial charge in [0.25, 0.3) is 0 Å². The van der Waals surface area contributed by atoms with E-state index in [9.17, 15) is 4.79 Å². The van der Waals surface area contributed by atoms with E-state index in [0.29, 0.717) is 43.4 Å². The van der Waals surface area contributed by atoms with Crippen LogP contribution in [0, 0.1) is 6.92 Å². The van der Waals surface area contributed by atoms with E-state index >= 15 is 0 Å². The van der Waals surface area contributed by atoms with Gasteiger partial charge in [0.15, 0.2) is 5.82 Å². The minimum atomic E-state index is 0.00638. The number of rotatable bonds is 6. The molecule has 5 nitrogen and oxygen atoms in total. The molecule has 1 aromatic rings. The number of hydrogen-bond acceptors (Lipinski definition) is 4. The second-order valence-corrected chi connectivity index (χ2v) is 3.51. The first-order valence-electron chi connectivity index (χ1n) is 4.84. The van der Waals surface area contributed by atoms with Gasteiger partial charge in [0.2, 0.25) is 11.8 Å². The molecule has 0 spiro atoms. The van der Waals surface area contributed by atoms with Crippen molar-refractivity contribution in [2.75, 3.05) is 12.4 Å². The monoisotopic (exact) mass is 231 g/mol. The summed E-state index contributed by atoms with van der Waals surface area (Å²) in [5.74, 6) is 1.67. The Morgan fingerprint density at radius 2 is 2.40 bits per heavy atom. The maximum atomic E-state index is 11.2. The van der Waals surface area contributed by atoms with Gasteiger partial charge in [-0.2, -0.15) is 4.98 Å². The molecular weight excluding hydrogens is 218 g/mol. The van der Waals surface area contributed by atoms with Gasteiger partial charge in [-0.15, -0.1) is 11.6 Å². The van der Waals surface area contributed by atoms with Gasteiger partial charge in [-0.05, 0) is 13.3 Å². The van der Waals surface area contributed by atoms with Crippen molar-refractivity contribution in [3.8, 4) is 0 Å². The highest BCUT2D eigenvalue weighted by atomic mass is 35.5. The molecule has 15 heavy (non-hydrogen) atoms. The number of aryl methyl sites for hydroxylation is 1. The molecule has 1 amide bonds. The van der Waals surface area contributed by atoms with Crippen molar-refractivity contribution in [2.24, 2.45) is 0 Å². The quantitative estimate of drug-likeness (QED) is 0.744. The Kier molecular flexibility index (Phi) is 5.10. The van der Waals surface area contributed by atoms with Gasteiger partial charge in [-0.3, -0.25) is 4.79 Å². The molecule has 0 aliphatic carbocycles. The zero-order valence-corrected chi connectivity index (χ0v) is 9.38. The highest BCUT2D eigenvalue weighted by Crippen LogP contribution is 1.96. The SMILES string of the molecule is Cc1noc(CCNC(=O)CCCCl)n1. The predicted octanol–water partition coefficient (Wildman–Crippen LogP) is 1.06. The number of aromatic nitrogens is 2. The highest BCUT2D eigenvalue weighted by Gasteiger charge is 2.04. The number of nitrogens with one attached hydrogen (secondary N) is 1. The van der Waals surface area contributed by atoms with Gasteiger partial charge in [0.05, 0.1) is 0 Å². The van der Waals surface area contributed by atoms with Crippen molar-refractivity contribution in [1.82, 2.24) is 15.5 Å². The number of hydrogen-bond donors (Lipinski definition) is 1. The van der Waals surface area contributed by atoms with Crippen molar-refractivity contribution in [3.63, 3.8) is 0 Å². The molecule has 0 aliphatic rings. The molecule has 0 bridgehead atoms. The van der Waals surface area contributed by atoms with Crippen LogP contribution in [0.1, 0.15) is 24.6 Å². The molecule has 0 fully saturated rings. The molecule has 0 radical (unpaired) electrons. The summed E-state index contributed by atoms with van der Waals surface area (Å²) in [6, 6.07) is 0. The molecule has 1 heterocycles. The lowest BCUT2D eigenvalue weighted by molar-refractivity contribution is -0.121. The van der Waals surface area contributed by atoms with Gasteiger partial charge in [-0.1, -0.05) is 5.16 Å². The number of amides is 1. The normalized spacial score (nSPS) is 10.3. The Labute approximate surface area is 93.2 Å². The topological polar surface area (TPSA) is 68.0 Å². The van der Waals surface area contributed by atoms with Crippen molar-refractivity contribution in [2.45, 2.75) is 26.2 Å². The number of alkyl halides is 1. The van der Waals surface area contributed by atoms with E-state index in [4.69, 9.17) is 16.1 Å². The van der Waals surface area contributed by atoms with E-state index in [1.54, 1.807) is 6.92 Å². The third-order valence-electron chi connectivity index (χ3n) is 1.77. The average Bonchev–Trinajstić information content (AvgIpc) is 2.61. The van der Waals surface area contributed by atoms with Crippen LogP contribution in [0.25, 0.3) is 0 Å². The molecule has 6 heteroatoms. The lowest BCUT2D eigenvalue weighted by Crippen LogP contribution is -2.25. The molecule has 0 saturated heterocycles. The summed E-state index contributed by atoms with van der Waals surface area (Å²) in [7, 11) is 0. The van der Waals surface area contributed by atoms with Crippen LogP contribution in [-0.2, 0) is 11.2 Å². The molecule has 0 aliphatic heterocycles. The van der Waals surface area contributed by atoms with Gasteiger partial charge in [0.1, 0.15) is 0 Å². The number of carbonyl (C=O) groups excluding carboxylic acids is 1. The van der Waals surface area contributed by atoms with E-state index in [1.807, 2.05) is 0 Å². The molecule has 0 aromatic carbocycles. The maximum Gasteiger partial charge on any atom is 0.228 e. The first-order valence-corrected chi connectivity index (χ1v) is 5.37. The fourth-order valence-corrected chi connectivity index (χ4v) is 1.20. The maximum absolute atomic E-state index is 11.2. The highest BCUT2D eigenvalue weighted by molar-refractivity contribution is 6.17. The Bertz CT molecular complexity index is 314. The zero-order valence-electron chi connectivity index (χ0n) is 8.62. The van der Waals surface area contributed by atoms with Crippen LogP contribution in [0.3, 0.4) is 0 Å². The third-order valence-corrected chi connectivity index (χ3v) is 2.04. The first-order chi connectivity index (χ1) is 7.22. The first kappa shape index (κ1) is 12.0. The molecule has 0 saturated carbocycles. The smallest absolute Gasteiger partial charge is 0.228 e. The van der Waals surface area contributed by atoms with Crippen molar-refractivity contribution in [3.05, 3.63) is 11.7 Å². The summed E-state index contributed by atoms with van der Waals surface area (Å²) >= 11 is 5.47. The van der Waals surface area contributed by atoms with E-state index in [0.717, 1.165) is 0 Å². The standard InChI is InChI=1S/C9H14ClN3O2/c1-7-12-9(15-13-7)4-6-11-8(14)3-2-5-10/h2-6H2,1H3,(H,11,14). The summed E-state index contributed by atoms with van der Waals surface area (Å²) in [6.07, 6.45) is 1.73. The van der Waals surface area contributed by atoms with Crippen LogP contribution in [0.5, 0.6) is 0 Å². The zero-order chi connectivity index (χ0) is 11.1. The Balaban J connectivity index is 2.13. The van der Waals surface area contributed by atoms with E-state index in [1.165, 1.54) is 0 Å². The van der Waals surface area contributed by atoms with Crippen molar-refractivity contribution < 1.29 is 9.32 Å². The number of carbonyl (C=O) groups is 1. The van der Waals surface area contributed by atoms with Gasteiger partial charge < -0.3 is 9.84 Å². The van der Waals surface area contributed by atoms with Crippen LogP contribution in [-0.4, -0.2) is 28.5 Å². The molecule has 84 valence electrons. The van der Waals surface area contributed by atoms with Gasteiger partial charge in [0, 0.05) is 25.3 Å². The summed E-state index contributed by atoms with van der Waals surface area (Å²) in [5, 5.41) is 6.40. The lowest BCUT2D eigenvalue weighted by Gasteiger charge is -2.01. The minimum absolute atomic E-state index is 0.00638. The Morgan fingerprint density at radius 3 is 3.00 bits per heavy atom. The second-order valence-electron chi connectivity index (χ2n) is 3.13. The lowest BCUT2D eigenvalue weighted by atomic mass is 10.3. The van der Waals surface area contributed by atoms with Crippen molar-refractivity contribution >= 4 is 17.5 Å². The number of nitrogens with zero attached hydrogens (tertiary/aromatic N) is 2. The van der Waals surface area contributed by atoms with Crippen LogP contribution in [0.2, 0.25) is 0 Å². The van der Waals surface area contributed by atoms with E-state index in [2.05, 4.69) is 15.5 Å². The molecule has 1 rings (SSSR count). The van der Waals surface area contributed by atoms with Gasteiger partial charge >= 0.3 is 0 Å². The van der Waals surface area contributed by atoms with Crippen LogP contribution >= 0.6 is 11.6 Å². The Morgan fingerprint density at radius 1 is 1.60 bits per heavy atom.